The summed E-state index contributed by atoms with van der Waals surface area (Å²) in [5.41, 5.74) is 3.28. The molecule has 0 radical (unpaired) electrons. The number of carbonyl (C=O) groups is 2. The van der Waals surface area contributed by atoms with Crippen molar-refractivity contribution in [2.75, 3.05) is 31.0 Å². The molecule has 0 saturated carbocycles. The summed E-state index contributed by atoms with van der Waals surface area (Å²) in [7, 11) is 3.07. The summed E-state index contributed by atoms with van der Waals surface area (Å²) < 4.78 is 10.4. The van der Waals surface area contributed by atoms with Crippen LogP contribution in [0.2, 0.25) is 0 Å². The van der Waals surface area contributed by atoms with Gasteiger partial charge in [0.25, 0.3) is 0 Å². The third-order valence-electron chi connectivity index (χ3n) is 3.88. The van der Waals surface area contributed by atoms with Gasteiger partial charge in [-0.05, 0) is 49.2 Å². The Kier molecular flexibility index (Phi) is 6.22. The molecule has 2 aromatic rings. The molecule has 2 rings (SSSR count). The van der Waals surface area contributed by atoms with Gasteiger partial charge in [-0.2, -0.15) is 0 Å². The quantitative estimate of drug-likeness (QED) is 0.862. The summed E-state index contributed by atoms with van der Waals surface area (Å²) >= 11 is 0. The minimum atomic E-state index is -0.317. The van der Waals surface area contributed by atoms with Gasteiger partial charge >= 0.3 is 0 Å². The minimum Gasteiger partial charge on any atom is -0.497 e. The first-order valence-corrected chi connectivity index (χ1v) is 8.22. The maximum absolute atomic E-state index is 12.5. The third-order valence-corrected chi connectivity index (χ3v) is 3.88. The van der Waals surface area contributed by atoms with Gasteiger partial charge in [0.15, 0.2) is 0 Å². The molecule has 0 bridgehead atoms. The minimum absolute atomic E-state index is 0.0899. The van der Waals surface area contributed by atoms with E-state index >= 15 is 0 Å². The van der Waals surface area contributed by atoms with Crippen LogP contribution in [0.1, 0.15) is 18.1 Å². The van der Waals surface area contributed by atoms with Crippen molar-refractivity contribution in [2.24, 2.45) is 0 Å². The van der Waals surface area contributed by atoms with E-state index in [2.05, 4.69) is 5.32 Å². The van der Waals surface area contributed by atoms with E-state index in [0.717, 1.165) is 11.1 Å². The van der Waals surface area contributed by atoms with Crippen molar-refractivity contribution in [1.29, 1.82) is 0 Å². The highest BCUT2D eigenvalue weighted by molar-refractivity contribution is 6.02. The number of benzene rings is 2. The number of aryl methyl sites for hydroxylation is 2. The van der Waals surface area contributed by atoms with Crippen LogP contribution in [0, 0.1) is 13.8 Å². The first kappa shape index (κ1) is 19.3. The van der Waals surface area contributed by atoms with E-state index < -0.39 is 0 Å². The molecule has 6 nitrogen and oxygen atoms in total. The molecule has 26 heavy (non-hydrogen) atoms. The molecule has 1 N–H and O–H groups in total. The van der Waals surface area contributed by atoms with Crippen molar-refractivity contribution < 1.29 is 19.1 Å². The van der Waals surface area contributed by atoms with Crippen LogP contribution >= 0.6 is 0 Å². The first-order chi connectivity index (χ1) is 12.3. The highest BCUT2D eigenvalue weighted by atomic mass is 16.5. The van der Waals surface area contributed by atoms with E-state index in [0.29, 0.717) is 22.9 Å². The van der Waals surface area contributed by atoms with Gasteiger partial charge in [-0.15, -0.1) is 0 Å². The lowest BCUT2D eigenvalue weighted by molar-refractivity contribution is -0.120. The summed E-state index contributed by atoms with van der Waals surface area (Å²) in [4.78, 5) is 26.0. The van der Waals surface area contributed by atoms with Crippen molar-refractivity contribution in [3.8, 4) is 11.5 Å². The van der Waals surface area contributed by atoms with Gasteiger partial charge in [-0.3, -0.25) is 9.59 Å². The van der Waals surface area contributed by atoms with Gasteiger partial charge in [-0.25, -0.2) is 0 Å². The fraction of sp³-hybridized carbons (Fsp3) is 0.300. The maximum Gasteiger partial charge on any atom is 0.244 e. The number of rotatable bonds is 6. The standard InChI is InChI=1S/C20H24N2O4/c1-13-8-14(2)10-16(9-13)22(15(3)23)12-20(24)21-18-7-6-17(25-4)11-19(18)26-5/h6-11H,12H2,1-5H3,(H,21,24). The summed E-state index contributed by atoms with van der Waals surface area (Å²) in [5.74, 6) is 0.591. The first-order valence-electron chi connectivity index (χ1n) is 8.22. The molecule has 0 aromatic heterocycles. The SMILES string of the molecule is COc1ccc(NC(=O)CN(C(C)=O)c2cc(C)cc(C)c2)c(OC)c1. The molecule has 0 aliphatic carbocycles. The molecule has 138 valence electrons. The van der Waals surface area contributed by atoms with E-state index in [-0.39, 0.29) is 18.4 Å². The van der Waals surface area contributed by atoms with Gasteiger partial charge in [0.1, 0.15) is 18.0 Å². The van der Waals surface area contributed by atoms with E-state index in [4.69, 9.17) is 9.47 Å². The monoisotopic (exact) mass is 356 g/mol. The van der Waals surface area contributed by atoms with Crippen LogP contribution in [0.25, 0.3) is 0 Å². The van der Waals surface area contributed by atoms with Crippen molar-refractivity contribution in [3.05, 3.63) is 47.5 Å². The van der Waals surface area contributed by atoms with Crippen LogP contribution in [0.5, 0.6) is 11.5 Å². The number of hydrogen-bond donors (Lipinski definition) is 1. The topological polar surface area (TPSA) is 67.9 Å². The fourth-order valence-electron chi connectivity index (χ4n) is 2.73. The Morgan fingerprint density at radius 1 is 1.00 bits per heavy atom. The van der Waals surface area contributed by atoms with E-state index in [1.54, 1.807) is 25.3 Å². The zero-order chi connectivity index (χ0) is 19.3. The number of amides is 2. The van der Waals surface area contributed by atoms with Crippen molar-refractivity contribution in [3.63, 3.8) is 0 Å². The number of ether oxygens (including phenoxy) is 2. The highest BCUT2D eigenvalue weighted by Crippen LogP contribution is 2.29. The van der Waals surface area contributed by atoms with Crippen LogP contribution in [0.15, 0.2) is 36.4 Å². The summed E-state index contributed by atoms with van der Waals surface area (Å²) in [6.45, 7) is 5.26. The lowest BCUT2D eigenvalue weighted by atomic mass is 10.1. The Morgan fingerprint density at radius 3 is 2.19 bits per heavy atom. The lowest BCUT2D eigenvalue weighted by Gasteiger charge is -2.22. The molecule has 0 unspecified atom stereocenters. The van der Waals surface area contributed by atoms with Crippen LogP contribution < -0.4 is 19.7 Å². The number of hydrogen-bond acceptors (Lipinski definition) is 4. The lowest BCUT2D eigenvalue weighted by Crippen LogP contribution is -2.36. The van der Waals surface area contributed by atoms with Crippen molar-refractivity contribution >= 4 is 23.2 Å². The van der Waals surface area contributed by atoms with Crippen molar-refractivity contribution in [1.82, 2.24) is 0 Å². The molecule has 0 atom stereocenters. The Labute approximate surface area is 153 Å². The van der Waals surface area contributed by atoms with E-state index in [1.165, 1.54) is 18.9 Å². The Morgan fingerprint density at radius 2 is 1.65 bits per heavy atom. The second kappa shape index (κ2) is 8.38. The second-order valence-corrected chi connectivity index (χ2v) is 6.07. The Balaban J connectivity index is 2.19. The summed E-state index contributed by atoms with van der Waals surface area (Å²) in [6.07, 6.45) is 0. The maximum atomic E-state index is 12.5. The average molecular weight is 356 g/mol. The molecular weight excluding hydrogens is 332 g/mol. The second-order valence-electron chi connectivity index (χ2n) is 6.07. The summed E-state index contributed by atoms with van der Waals surface area (Å²) in [5, 5.41) is 2.78. The van der Waals surface area contributed by atoms with Crippen LogP contribution in [-0.4, -0.2) is 32.6 Å². The Bertz CT molecular complexity index is 797. The van der Waals surface area contributed by atoms with E-state index in [9.17, 15) is 9.59 Å². The predicted molar refractivity (Wildman–Crippen MR) is 102 cm³/mol. The smallest absolute Gasteiger partial charge is 0.244 e. The molecule has 0 saturated heterocycles. The van der Waals surface area contributed by atoms with Crippen LogP contribution in [0.4, 0.5) is 11.4 Å². The van der Waals surface area contributed by atoms with Crippen LogP contribution in [-0.2, 0) is 9.59 Å². The highest BCUT2D eigenvalue weighted by Gasteiger charge is 2.18. The molecule has 0 aliphatic heterocycles. The fourth-order valence-corrected chi connectivity index (χ4v) is 2.73. The molecule has 6 heteroatoms. The zero-order valence-electron chi connectivity index (χ0n) is 15.8. The van der Waals surface area contributed by atoms with Gasteiger partial charge in [0, 0.05) is 18.7 Å². The predicted octanol–water partition coefficient (Wildman–Crippen LogP) is 3.31. The average Bonchev–Trinajstić information content (AvgIpc) is 2.58. The number of carbonyl (C=O) groups excluding carboxylic acids is 2. The molecule has 0 fully saturated rings. The number of methoxy groups -OCH3 is 2. The third kappa shape index (κ3) is 4.75. The molecule has 2 amide bonds. The number of nitrogens with zero attached hydrogens (tertiary/aromatic N) is 1. The number of nitrogens with one attached hydrogen (secondary N) is 1. The molecule has 0 heterocycles. The number of anilines is 2. The van der Waals surface area contributed by atoms with Gasteiger partial charge in [0.05, 0.1) is 19.9 Å². The van der Waals surface area contributed by atoms with Gasteiger partial charge in [0.2, 0.25) is 11.8 Å². The van der Waals surface area contributed by atoms with Gasteiger partial charge < -0.3 is 19.7 Å². The van der Waals surface area contributed by atoms with Gasteiger partial charge in [-0.1, -0.05) is 6.07 Å². The molecule has 0 spiro atoms. The van der Waals surface area contributed by atoms with E-state index in [1.807, 2.05) is 32.0 Å². The summed E-state index contributed by atoms with van der Waals surface area (Å²) in [6, 6.07) is 10.9. The molecule has 2 aromatic carbocycles. The van der Waals surface area contributed by atoms with Crippen LogP contribution in [0.3, 0.4) is 0 Å². The normalized spacial score (nSPS) is 10.2. The molecular formula is C20H24N2O4. The largest absolute Gasteiger partial charge is 0.497 e. The zero-order valence-corrected chi connectivity index (χ0v) is 15.8. The van der Waals surface area contributed by atoms with Crippen molar-refractivity contribution in [2.45, 2.75) is 20.8 Å². The molecule has 0 aliphatic rings. The Hall–Kier alpha value is -3.02.